The van der Waals surface area contributed by atoms with Crippen LogP contribution in [0.15, 0.2) is 48.0 Å². The number of rotatable bonds is 7. The number of hydrogen-bond acceptors (Lipinski definition) is 6. The van der Waals surface area contributed by atoms with E-state index in [-0.39, 0.29) is 42.2 Å². The molecule has 3 rings (SSSR count). The molecule has 2 aromatic rings. The quantitative estimate of drug-likeness (QED) is 0.339. The lowest BCUT2D eigenvalue weighted by Gasteiger charge is -2.25. The minimum absolute atomic E-state index is 0.0118. The van der Waals surface area contributed by atoms with Crippen LogP contribution in [0.4, 0.5) is 0 Å². The number of carbonyl (C=O) groups excluding carboxylic acids is 2. The number of halogens is 1. The van der Waals surface area contributed by atoms with Gasteiger partial charge in [0, 0.05) is 23.6 Å². The fourth-order valence-electron chi connectivity index (χ4n) is 3.49. The Morgan fingerprint density at radius 1 is 1.13 bits per heavy atom. The van der Waals surface area contributed by atoms with Gasteiger partial charge in [0.15, 0.2) is 11.5 Å². The van der Waals surface area contributed by atoms with Crippen molar-refractivity contribution in [3.63, 3.8) is 0 Å². The second-order valence-corrected chi connectivity index (χ2v) is 7.36. The first-order valence-corrected chi connectivity index (χ1v) is 9.75. The molecule has 0 bridgehead atoms. The number of benzene rings is 2. The molecule has 0 saturated carbocycles. The Hall–Kier alpha value is -3.52. The summed E-state index contributed by atoms with van der Waals surface area (Å²) in [6, 6.07) is 9.45. The molecule has 1 atom stereocenters. The zero-order valence-electron chi connectivity index (χ0n) is 16.5. The normalized spacial score (nSPS) is 17.7. The predicted octanol–water partition coefficient (Wildman–Crippen LogP) is 3.34. The molecular weight excluding hydrogens is 426 g/mol. The summed E-state index contributed by atoms with van der Waals surface area (Å²) in [5.74, 6) is -3.15. The van der Waals surface area contributed by atoms with Crippen molar-refractivity contribution in [3.8, 4) is 11.5 Å². The number of aliphatic carboxylic acids is 1. The zero-order chi connectivity index (χ0) is 22.7. The Kier molecular flexibility index (Phi) is 6.50. The molecule has 1 amide bonds. The van der Waals surface area contributed by atoms with Gasteiger partial charge >= 0.3 is 5.97 Å². The van der Waals surface area contributed by atoms with E-state index in [4.69, 9.17) is 21.4 Å². The number of phenols is 1. The topological polar surface area (TPSA) is 124 Å². The molecule has 0 radical (unpaired) electrons. The van der Waals surface area contributed by atoms with Gasteiger partial charge < -0.3 is 25.0 Å². The highest BCUT2D eigenvalue weighted by atomic mass is 35.5. The Labute approximate surface area is 182 Å². The third-order valence-electron chi connectivity index (χ3n) is 4.97. The number of carbonyl (C=O) groups is 3. The van der Waals surface area contributed by atoms with Crippen molar-refractivity contribution in [2.75, 3.05) is 13.7 Å². The van der Waals surface area contributed by atoms with Crippen LogP contribution in [0.1, 0.15) is 30.0 Å². The van der Waals surface area contributed by atoms with Crippen LogP contribution < -0.4 is 4.74 Å². The number of ether oxygens (including phenoxy) is 1. The number of nitrogens with zero attached hydrogens (tertiary/aromatic N) is 1. The van der Waals surface area contributed by atoms with E-state index in [0.29, 0.717) is 16.1 Å². The molecule has 162 valence electrons. The SMILES string of the molecule is COc1cc([C@H]2/C(=C(\O)c3ccc(Cl)cc3)C(=O)C(=O)N2CCCC(=O)O)ccc1O. The lowest BCUT2D eigenvalue weighted by Crippen LogP contribution is -2.31. The van der Waals surface area contributed by atoms with E-state index < -0.39 is 23.7 Å². The molecule has 2 aromatic carbocycles. The number of carboxylic acid groups (broad SMARTS) is 1. The number of aliphatic hydroxyl groups is 1. The minimum atomic E-state index is -1.03. The maximum absolute atomic E-state index is 12.9. The van der Waals surface area contributed by atoms with Gasteiger partial charge in [-0.3, -0.25) is 14.4 Å². The van der Waals surface area contributed by atoms with Gasteiger partial charge in [-0.15, -0.1) is 0 Å². The van der Waals surface area contributed by atoms with Crippen LogP contribution in [-0.2, 0) is 14.4 Å². The lowest BCUT2D eigenvalue weighted by atomic mass is 9.95. The van der Waals surface area contributed by atoms with Gasteiger partial charge in [0.2, 0.25) is 0 Å². The van der Waals surface area contributed by atoms with Crippen LogP contribution in [-0.4, -0.2) is 51.5 Å². The molecule has 0 spiro atoms. The van der Waals surface area contributed by atoms with Gasteiger partial charge in [-0.25, -0.2) is 0 Å². The summed E-state index contributed by atoms with van der Waals surface area (Å²) in [5.41, 5.74) is 0.568. The van der Waals surface area contributed by atoms with E-state index in [9.17, 15) is 24.6 Å². The van der Waals surface area contributed by atoms with Crippen LogP contribution in [0.25, 0.3) is 5.76 Å². The summed E-state index contributed by atoms with van der Waals surface area (Å²) in [7, 11) is 1.36. The van der Waals surface area contributed by atoms with Crippen LogP contribution in [0.2, 0.25) is 5.02 Å². The molecule has 1 fully saturated rings. The number of likely N-dealkylation sites (tertiary alicyclic amines) is 1. The second kappa shape index (κ2) is 9.09. The molecule has 0 aliphatic carbocycles. The summed E-state index contributed by atoms with van der Waals surface area (Å²) in [6.45, 7) is -0.0118. The van der Waals surface area contributed by atoms with E-state index in [1.165, 1.54) is 54.5 Å². The standard InChI is InChI=1S/C22H20ClNO7/c1-31-16-11-13(6-9-15(16)25)19-18(20(28)12-4-7-14(23)8-5-12)21(29)22(30)24(19)10-2-3-17(26)27/h4-9,11,19,25,28H,2-3,10H2,1H3,(H,26,27)/b20-18+/t19-/m0/s1. The van der Waals surface area contributed by atoms with Crippen LogP contribution in [0.3, 0.4) is 0 Å². The summed E-state index contributed by atoms with van der Waals surface area (Å²) in [4.78, 5) is 37.8. The molecule has 0 unspecified atom stereocenters. The van der Waals surface area contributed by atoms with E-state index in [0.717, 1.165) is 0 Å². The van der Waals surface area contributed by atoms with Gasteiger partial charge in [0.25, 0.3) is 11.7 Å². The van der Waals surface area contributed by atoms with Crippen LogP contribution in [0.5, 0.6) is 11.5 Å². The Bertz CT molecular complexity index is 1060. The maximum atomic E-state index is 12.9. The molecule has 1 heterocycles. The van der Waals surface area contributed by atoms with Crippen molar-refractivity contribution in [3.05, 3.63) is 64.2 Å². The van der Waals surface area contributed by atoms with Crippen molar-refractivity contribution in [2.24, 2.45) is 0 Å². The van der Waals surface area contributed by atoms with Gasteiger partial charge in [-0.05, 0) is 48.4 Å². The molecular formula is C22H20ClNO7. The number of hydrogen-bond donors (Lipinski definition) is 3. The Balaban J connectivity index is 2.14. The number of aromatic hydroxyl groups is 1. The maximum Gasteiger partial charge on any atom is 0.303 e. The first-order valence-electron chi connectivity index (χ1n) is 9.37. The summed E-state index contributed by atoms with van der Waals surface area (Å²) >= 11 is 5.89. The van der Waals surface area contributed by atoms with Gasteiger partial charge in [-0.2, -0.15) is 0 Å². The number of methoxy groups -OCH3 is 1. The van der Waals surface area contributed by atoms with E-state index in [1.54, 1.807) is 0 Å². The zero-order valence-corrected chi connectivity index (χ0v) is 17.3. The average Bonchev–Trinajstić information content (AvgIpc) is 2.99. The van der Waals surface area contributed by atoms with E-state index >= 15 is 0 Å². The Morgan fingerprint density at radius 3 is 2.42 bits per heavy atom. The van der Waals surface area contributed by atoms with Crippen molar-refractivity contribution >= 4 is 35.0 Å². The minimum Gasteiger partial charge on any atom is -0.507 e. The number of ketones is 1. The third-order valence-corrected chi connectivity index (χ3v) is 5.22. The van der Waals surface area contributed by atoms with Gasteiger partial charge in [-0.1, -0.05) is 17.7 Å². The van der Waals surface area contributed by atoms with Crippen LogP contribution >= 0.6 is 11.6 Å². The fraction of sp³-hybridized carbons (Fsp3) is 0.227. The first-order chi connectivity index (χ1) is 14.7. The highest BCUT2D eigenvalue weighted by Crippen LogP contribution is 2.41. The first kappa shape index (κ1) is 22.2. The lowest BCUT2D eigenvalue weighted by molar-refractivity contribution is -0.140. The fourth-order valence-corrected chi connectivity index (χ4v) is 3.61. The van der Waals surface area contributed by atoms with Crippen molar-refractivity contribution in [2.45, 2.75) is 18.9 Å². The smallest absolute Gasteiger partial charge is 0.303 e. The molecule has 9 heteroatoms. The molecule has 31 heavy (non-hydrogen) atoms. The van der Waals surface area contributed by atoms with E-state index in [2.05, 4.69) is 0 Å². The molecule has 3 N–H and O–H groups in total. The van der Waals surface area contributed by atoms with Crippen molar-refractivity contribution in [1.29, 1.82) is 0 Å². The number of phenolic OH excluding ortho intramolecular Hbond substituents is 1. The summed E-state index contributed by atoms with van der Waals surface area (Å²) < 4.78 is 5.13. The van der Waals surface area contributed by atoms with Crippen molar-refractivity contribution < 1.29 is 34.4 Å². The highest BCUT2D eigenvalue weighted by molar-refractivity contribution is 6.46. The summed E-state index contributed by atoms with van der Waals surface area (Å²) in [6.07, 6.45) is -0.0686. The monoisotopic (exact) mass is 445 g/mol. The number of Topliss-reactive ketones (excluding diaryl/α,β-unsaturated/α-hetero) is 1. The van der Waals surface area contributed by atoms with E-state index in [1.807, 2.05) is 0 Å². The molecule has 8 nitrogen and oxygen atoms in total. The molecule has 1 aliphatic heterocycles. The number of carboxylic acids is 1. The molecule has 0 aromatic heterocycles. The largest absolute Gasteiger partial charge is 0.507 e. The number of amides is 1. The second-order valence-electron chi connectivity index (χ2n) is 6.93. The average molecular weight is 446 g/mol. The van der Waals surface area contributed by atoms with Crippen LogP contribution in [0, 0.1) is 0 Å². The van der Waals surface area contributed by atoms with Gasteiger partial charge in [0.05, 0.1) is 18.7 Å². The highest BCUT2D eigenvalue weighted by Gasteiger charge is 2.46. The number of aliphatic hydroxyl groups excluding tert-OH is 1. The summed E-state index contributed by atoms with van der Waals surface area (Å²) in [5, 5.41) is 30.2. The predicted molar refractivity (Wildman–Crippen MR) is 112 cm³/mol. The van der Waals surface area contributed by atoms with Crippen molar-refractivity contribution in [1.82, 2.24) is 4.90 Å². The molecule has 1 saturated heterocycles. The molecule has 1 aliphatic rings. The third kappa shape index (κ3) is 4.49. The Morgan fingerprint density at radius 2 is 1.81 bits per heavy atom. The van der Waals surface area contributed by atoms with Gasteiger partial charge in [0.1, 0.15) is 5.76 Å².